The fraction of sp³-hybridized carbons (Fsp3) is 0.410. The number of fused-ring (bicyclic) bond motifs is 7. The van der Waals surface area contributed by atoms with Crippen molar-refractivity contribution < 1.29 is 0 Å². The Kier molecular flexibility index (Phi) is 8.66. The maximum absolute atomic E-state index is 2.70. The van der Waals surface area contributed by atoms with Gasteiger partial charge >= 0.3 is 0 Å². The fourth-order valence-electron chi connectivity index (χ4n) is 13.6. The highest BCUT2D eigenvalue weighted by molar-refractivity contribution is 7.00. The van der Waals surface area contributed by atoms with Gasteiger partial charge in [0.15, 0.2) is 0 Å². The lowest BCUT2D eigenvalue weighted by Gasteiger charge is -2.48. The number of aryl methyl sites for hydroxylation is 2. The molecule has 2 aliphatic heterocycles. The van der Waals surface area contributed by atoms with Crippen molar-refractivity contribution in [3.05, 3.63) is 148 Å². The third kappa shape index (κ3) is 5.97. The first-order valence-corrected chi connectivity index (χ1v) is 24.4. The van der Waals surface area contributed by atoms with E-state index in [4.69, 9.17) is 0 Å². The minimum Gasteiger partial charge on any atom is -0.311 e. The van der Waals surface area contributed by atoms with E-state index in [0.29, 0.717) is 0 Å². The predicted molar refractivity (Wildman–Crippen MR) is 277 cm³/mol. The van der Waals surface area contributed by atoms with Crippen LogP contribution in [-0.2, 0) is 32.5 Å². The highest BCUT2D eigenvalue weighted by atomic mass is 15.2. The van der Waals surface area contributed by atoms with E-state index < -0.39 is 0 Å². The molecule has 64 heavy (non-hydrogen) atoms. The molecule has 0 bridgehead atoms. The number of benzene rings is 6. The summed E-state index contributed by atoms with van der Waals surface area (Å²) in [5.41, 5.74) is 26.8. The van der Waals surface area contributed by atoms with Gasteiger partial charge in [-0.1, -0.05) is 144 Å². The summed E-state index contributed by atoms with van der Waals surface area (Å²) < 4.78 is 0. The van der Waals surface area contributed by atoms with Crippen molar-refractivity contribution in [2.24, 2.45) is 0 Å². The molecule has 0 fully saturated rings. The number of anilines is 6. The second-order valence-electron chi connectivity index (χ2n) is 24.8. The van der Waals surface area contributed by atoms with E-state index in [0.717, 1.165) is 6.42 Å². The standard InChI is InChI=1S/C61H69BN2/c1-37-28-53-55-54(29-37)64(50-34-47-43(30-38(50)2)60(11,12)36-61(47,13)14)51-31-40(39-18-16-15-17-19-39)20-23-48(51)62(55)49-33-45-46(59(9,10)27-26-58(45,7)8)35-52(49)63(53)41-21-22-42-44(32-41)57(5,6)25-24-56(42,3)4/h15-23,28-35H,24-27,36H2,1-14H3. The van der Waals surface area contributed by atoms with Crippen molar-refractivity contribution >= 4 is 57.2 Å². The molecule has 0 N–H and O–H groups in total. The molecule has 0 atom stereocenters. The van der Waals surface area contributed by atoms with Crippen molar-refractivity contribution in [3.8, 4) is 11.1 Å². The Balaban J connectivity index is 1.25. The van der Waals surface area contributed by atoms with Gasteiger partial charge in [0, 0.05) is 34.1 Å². The van der Waals surface area contributed by atoms with Gasteiger partial charge in [0.25, 0.3) is 6.71 Å². The zero-order valence-electron chi connectivity index (χ0n) is 41.3. The monoisotopic (exact) mass is 841 g/mol. The van der Waals surface area contributed by atoms with Crippen LogP contribution < -0.4 is 26.2 Å². The molecule has 6 aromatic carbocycles. The number of nitrogens with zero attached hydrogens (tertiary/aromatic N) is 2. The second kappa shape index (κ2) is 13.3. The van der Waals surface area contributed by atoms with Crippen LogP contribution >= 0.6 is 0 Å². The van der Waals surface area contributed by atoms with Gasteiger partial charge in [0.05, 0.1) is 0 Å². The van der Waals surface area contributed by atoms with E-state index in [-0.39, 0.29) is 39.2 Å². The average molecular weight is 841 g/mol. The van der Waals surface area contributed by atoms with Gasteiger partial charge in [-0.3, -0.25) is 0 Å². The first-order chi connectivity index (χ1) is 30.0. The Morgan fingerprint density at radius 2 is 0.906 bits per heavy atom. The summed E-state index contributed by atoms with van der Waals surface area (Å²) >= 11 is 0. The normalized spacial score (nSPS) is 20.7. The largest absolute Gasteiger partial charge is 0.311 e. The molecule has 0 saturated carbocycles. The minimum absolute atomic E-state index is 0.0668. The third-order valence-corrected chi connectivity index (χ3v) is 17.3. The van der Waals surface area contributed by atoms with Crippen molar-refractivity contribution in [2.75, 3.05) is 9.80 Å². The molecular weight excluding hydrogens is 771 g/mol. The fourth-order valence-corrected chi connectivity index (χ4v) is 13.6. The maximum Gasteiger partial charge on any atom is 0.252 e. The van der Waals surface area contributed by atoms with E-state index in [1.807, 2.05) is 0 Å². The smallest absolute Gasteiger partial charge is 0.252 e. The molecule has 5 aliphatic rings. The molecule has 326 valence electrons. The van der Waals surface area contributed by atoms with E-state index in [2.05, 4.69) is 210 Å². The summed E-state index contributed by atoms with van der Waals surface area (Å²) in [5, 5.41) is 0. The molecule has 0 aromatic heterocycles. The van der Waals surface area contributed by atoms with E-state index in [1.54, 1.807) is 0 Å². The third-order valence-electron chi connectivity index (χ3n) is 17.3. The zero-order chi connectivity index (χ0) is 45.3. The molecular formula is C61H69BN2. The quantitative estimate of drug-likeness (QED) is 0.164. The van der Waals surface area contributed by atoms with Gasteiger partial charge in [-0.2, -0.15) is 0 Å². The highest BCUT2D eigenvalue weighted by Gasteiger charge is 2.48. The van der Waals surface area contributed by atoms with Crippen LogP contribution in [0.25, 0.3) is 11.1 Å². The Labute approximate surface area is 385 Å². The number of rotatable bonds is 3. The van der Waals surface area contributed by atoms with Crippen LogP contribution in [0.2, 0.25) is 0 Å². The van der Waals surface area contributed by atoms with Crippen molar-refractivity contribution in [2.45, 2.75) is 162 Å². The molecule has 0 radical (unpaired) electrons. The van der Waals surface area contributed by atoms with Crippen molar-refractivity contribution in [3.63, 3.8) is 0 Å². The first-order valence-electron chi connectivity index (χ1n) is 24.4. The second-order valence-corrected chi connectivity index (χ2v) is 24.8. The first kappa shape index (κ1) is 41.7. The van der Waals surface area contributed by atoms with Gasteiger partial charge in [-0.05, 0) is 193 Å². The molecule has 2 nitrogen and oxygen atoms in total. The Hall–Kier alpha value is -5.02. The summed E-state index contributed by atoms with van der Waals surface area (Å²) in [4.78, 5) is 5.39. The molecule has 0 amide bonds. The lowest BCUT2D eigenvalue weighted by Crippen LogP contribution is -2.62. The van der Waals surface area contributed by atoms with Gasteiger partial charge in [-0.25, -0.2) is 0 Å². The molecule has 0 spiro atoms. The lowest BCUT2D eigenvalue weighted by atomic mass is 9.33. The molecule has 2 heterocycles. The van der Waals surface area contributed by atoms with Crippen LogP contribution in [0, 0.1) is 13.8 Å². The van der Waals surface area contributed by atoms with Crippen molar-refractivity contribution in [1.82, 2.24) is 0 Å². The number of hydrogen-bond acceptors (Lipinski definition) is 2. The SMILES string of the molecule is Cc1cc2c3c(c1)N(c1cc4c(cc1C)C(C)(C)CC4(C)C)c1cc(-c4ccccc4)ccc1B3c1cc3c(cc1N2c1ccc2c(c1)C(C)(C)CCC2(C)C)C(C)(C)CCC3(C)C. The van der Waals surface area contributed by atoms with Gasteiger partial charge in [0.2, 0.25) is 0 Å². The maximum atomic E-state index is 2.70. The van der Waals surface area contributed by atoms with E-state index in [1.165, 1.54) is 132 Å². The topological polar surface area (TPSA) is 6.48 Å². The van der Waals surface area contributed by atoms with Crippen LogP contribution in [-0.4, -0.2) is 6.71 Å². The molecule has 3 aliphatic carbocycles. The number of hydrogen-bond donors (Lipinski definition) is 0. The van der Waals surface area contributed by atoms with Gasteiger partial charge < -0.3 is 9.80 Å². The zero-order valence-corrected chi connectivity index (χ0v) is 41.3. The summed E-state index contributed by atoms with van der Waals surface area (Å²) in [5.74, 6) is 0. The van der Waals surface area contributed by atoms with Crippen LogP contribution in [0.1, 0.15) is 160 Å². The Morgan fingerprint density at radius 1 is 0.391 bits per heavy atom. The minimum atomic E-state index is 0.0668. The molecule has 0 unspecified atom stereocenters. The van der Waals surface area contributed by atoms with E-state index in [9.17, 15) is 0 Å². The molecule has 0 saturated heterocycles. The molecule has 11 rings (SSSR count). The Morgan fingerprint density at radius 3 is 1.55 bits per heavy atom. The Bertz CT molecular complexity index is 2960. The highest BCUT2D eigenvalue weighted by Crippen LogP contribution is 2.55. The van der Waals surface area contributed by atoms with Crippen LogP contribution in [0.4, 0.5) is 34.1 Å². The molecule has 6 aromatic rings. The van der Waals surface area contributed by atoms with Crippen LogP contribution in [0.3, 0.4) is 0 Å². The summed E-state index contributed by atoms with van der Waals surface area (Å²) in [6, 6.07) is 41.5. The summed E-state index contributed by atoms with van der Waals surface area (Å²) in [7, 11) is 0. The van der Waals surface area contributed by atoms with Gasteiger partial charge in [0.1, 0.15) is 0 Å². The van der Waals surface area contributed by atoms with Gasteiger partial charge in [-0.15, -0.1) is 0 Å². The average Bonchev–Trinajstić information content (AvgIpc) is 3.41. The van der Waals surface area contributed by atoms with E-state index >= 15 is 0 Å². The van der Waals surface area contributed by atoms with Crippen molar-refractivity contribution in [1.29, 1.82) is 0 Å². The lowest BCUT2D eigenvalue weighted by molar-refractivity contribution is 0.332. The van der Waals surface area contributed by atoms with Crippen LogP contribution in [0.5, 0.6) is 0 Å². The molecule has 3 heteroatoms. The predicted octanol–water partition coefficient (Wildman–Crippen LogP) is 14.7. The summed E-state index contributed by atoms with van der Waals surface area (Å²) in [6.45, 7) is 34.4. The summed E-state index contributed by atoms with van der Waals surface area (Å²) in [6.07, 6.45) is 5.92. The van der Waals surface area contributed by atoms with Crippen LogP contribution in [0.15, 0.2) is 103 Å².